The smallest absolute Gasteiger partial charge is 0.321 e. The lowest BCUT2D eigenvalue weighted by atomic mass is 10.1. The molecule has 1 N–H and O–H groups in total. The third-order valence-corrected chi connectivity index (χ3v) is 2.74. The Balaban J connectivity index is 2.77. The number of aldehydes is 1. The van der Waals surface area contributed by atoms with Gasteiger partial charge in [0.15, 0.2) is 12.0 Å². The zero-order valence-corrected chi connectivity index (χ0v) is 11.0. The molecular weight excluding hydrogens is 266 g/mol. The molecular formula is C13H15NO6. The third-order valence-electron chi connectivity index (χ3n) is 2.74. The average molecular weight is 281 g/mol. The van der Waals surface area contributed by atoms with Crippen LogP contribution in [0.1, 0.15) is 35.2 Å². The summed E-state index contributed by atoms with van der Waals surface area (Å²) in [7, 11) is 0. The maximum atomic E-state index is 11.0. The number of nitro groups is 1. The zero-order chi connectivity index (χ0) is 15.1. The second kappa shape index (κ2) is 7.22. The highest BCUT2D eigenvalue weighted by Gasteiger charge is 2.22. The van der Waals surface area contributed by atoms with Crippen LogP contribution < -0.4 is 4.74 Å². The molecule has 0 bridgehead atoms. The van der Waals surface area contributed by atoms with E-state index in [9.17, 15) is 19.7 Å². The van der Waals surface area contributed by atoms with E-state index < -0.39 is 10.9 Å². The molecule has 0 aliphatic carbocycles. The average Bonchev–Trinajstić information content (AvgIpc) is 2.38. The van der Waals surface area contributed by atoms with Gasteiger partial charge in [-0.2, -0.15) is 0 Å². The summed E-state index contributed by atoms with van der Waals surface area (Å²) in [5, 5.41) is 19.5. The van der Waals surface area contributed by atoms with E-state index in [1.807, 2.05) is 0 Å². The van der Waals surface area contributed by atoms with Gasteiger partial charge in [0.2, 0.25) is 0 Å². The molecule has 0 atom stereocenters. The van der Waals surface area contributed by atoms with Crippen molar-refractivity contribution in [2.24, 2.45) is 0 Å². The van der Waals surface area contributed by atoms with Gasteiger partial charge >= 0.3 is 11.7 Å². The molecule has 1 aromatic rings. The number of carboxylic acid groups (broad SMARTS) is 1. The third kappa shape index (κ3) is 4.04. The molecule has 0 amide bonds. The summed E-state index contributed by atoms with van der Waals surface area (Å²) < 4.78 is 5.28. The fourth-order valence-electron chi connectivity index (χ4n) is 1.70. The van der Waals surface area contributed by atoms with E-state index in [0.717, 1.165) is 0 Å². The van der Waals surface area contributed by atoms with Crippen LogP contribution in [0.15, 0.2) is 12.1 Å². The highest BCUT2D eigenvalue weighted by Crippen LogP contribution is 2.32. The Morgan fingerprint density at radius 2 is 2.15 bits per heavy atom. The van der Waals surface area contributed by atoms with Gasteiger partial charge in [-0.15, -0.1) is 0 Å². The molecule has 0 heterocycles. The summed E-state index contributed by atoms with van der Waals surface area (Å²) in [5.74, 6) is -0.868. The van der Waals surface area contributed by atoms with Gasteiger partial charge < -0.3 is 9.84 Å². The van der Waals surface area contributed by atoms with Crippen LogP contribution in [0.4, 0.5) is 5.69 Å². The van der Waals surface area contributed by atoms with Crippen molar-refractivity contribution in [2.45, 2.75) is 26.2 Å². The second-order valence-electron chi connectivity index (χ2n) is 4.22. The van der Waals surface area contributed by atoms with Gasteiger partial charge in [-0.05, 0) is 31.4 Å². The number of nitrogens with zero attached hydrogens (tertiary/aromatic N) is 1. The number of carbonyl (C=O) groups excluding carboxylic acids is 1. The van der Waals surface area contributed by atoms with Crippen LogP contribution in [0.3, 0.4) is 0 Å². The Labute approximate surface area is 115 Å². The fraction of sp³-hybridized carbons (Fsp3) is 0.385. The lowest BCUT2D eigenvalue weighted by Gasteiger charge is -2.09. The van der Waals surface area contributed by atoms with Crippen LogP contribution in [-0.2, 0) is 4.79 Å². The maximum Gasteiger partial charge on any atom is 0.321 e. The van der Waals surface area contributed by atoms with Crippen LogP contribution >= 0.6 is 0 Å². The number of aliphatic carboxylic acids is 1. The molecule has 1 aromatic carbocycles. The van der Waals surface area contributed by atoms with Gasteiger partial charge in [0.1, 0.15) is 0 Å². The lowest BCUT2D eigenvalue weighted by Crippen LogP contribution is -2.05. The summed E-state index contributed by atoms with van der Waals surface area (Å²) in [4.78, 5) is 31.6. The van der Waals surface area contributed by atoms with Gasteiger partial charge in [0.05, 0.1) is 17.1 Å². The van der Waals surface area contributed by atoms with Gasteiger partial charge in [0.25, 0.3) is 0 Å². The summed E-state index contributed by atoms with van der Waals surface area (Å²) >= 11 is 0. The molecule has 0 radical (unpaired) electrons. The number of nitro benzene ring substituents is 1. The number of unbranched alkanes of at least 4 members (excludes halogenated alkanes) is 1. The second-order valence-corrected chi connectivity index (χ2v) is 4.22. The number of hydrogen-bond acceptors (Lipinski definition) is 5. The monoisotopic (exact) mass is 281 g/mol. The molecule has 20 heavy (non-hydrogen) atoms. The minimum atomic E-state index is -0.894. The largest absolute Gasteiger partial charge is 0.487 e. The van der Waals surface area contributed by atoms with Crippen molar-refractivity contribution in [2.75, 3.05) is 6.61 Å². The van der Waals surface area contributed by atoms with Gasteiger partial charge in [-0.1, -0.05) is 6.07 Å². The number of benzene rings is 1. The first-order chi connectivity index (χ1) is 9.47. The van der Waals surface area contributed by atoms with Crippen LogP contribution in [0.5, 0.6) is 5.75 Å². The van der Waals surface area contributed by atoms with E-state index in [1.165, 1.54) is 6.07 Å². The van der Waals surface area contributed by atoms with E-state index in [1.54, 1.807) is 13.0 Å². The van der Waals surface area contributed by atoms with Crippen molar-refractivity contribution in [3.8, 4) is 5.75 Å². The highest BCUT2D eigenvalue weighted by molar-refractivity contribution is 5.85. The number of carboxylic acids is 1. The lowest BCUT2D eigenvalue weighted by molar-refractivity contribution is -0.386. The Morgan fingerprint density at radius 1 is 1.45 bits per heavy atom. The molecule has 0 aromatic heterocycles. The van der Waals surface area contributed by atoms with Crippen LogP contribution in [0.25, 0.3) is 0 Å². The first-order valence-corrected chi connectivity index (χ1v) is 6.05. The van der Waals surface area contributed by atoms with Crippen LogP contribution in [0, 0.1) is 17.0 Å². The predicted molar refractivity (Wildman–Crippen MR) is 70.2 cm³/mol. The number of aryl methyl sites for hydroxylation is 1. The summed E-state index contributed by atoms with van der Waals surface area (Å²) in [5.41, 5.74) is 0.154. The van der Waals surface area contributed by atoms with Crippen molar-refractivity contribution in [1.82, 2.24) is 0 Å². The SMILES string of the molecule is Cc1ccc(OCCCCC(=O)O)c([N+](=O)[O-])c1C=O. The summed E-state index contributed by atoms with van der Waals surface area (Å²) in [6, 6.07) is 3.01. The Bertz CT molecular complexity index is 526. The highest BCUT2D eigenvalue weighted by atomic mass is 16.6. The first-order valence-electron chi connectivity index (χ1n) is 6.05. The van der Waals surface area contributed by atoms with Gasteiger partial charge in [-0.3, -0.25) is 19.7 Å². The molecule has 0 aliphatic rings. The minimum Gasteiger partial charge on any atom is -0.487 e. The molecule has 1 rings (SSSR count). The maximum absolute atomic E-state index is 11.0. The van der Waals surface area contributed by atoms with Gasteiger partial charge in [-0.25, -0.2) is 0 Å². The topological polar surface area (TPSA) is 107 Å². The number of carbonyl (C=O) groups is 2. The molecule has 0 saturated carbocycles. The fourth-order valence-corrected chi connectivity index (χ4v) is 1.70. The van der Waals surface area contributed by atoms with E-state index in [4.69, 9.17) is 9.84 Å². The Hall–Kier alpha value is -2.44. The Kier molecular flexibility index (Phi) is 5.64. The van der Waals surface area contributed by atoms with Crippen LogP contribution in [-0.4, -0.2) is 28.9 Å². The van der Waals surface area contributed by atoms with Crippen molar-refractivity contribution in [1.29, 1.82) is 0 Å². The molecule has 7 nitrogen and oxygen atoms in total. The van der Waals surface area contributed by atoms with Gasteiger partial charge in [0, 0.05) is 6.42 Å². The number of ether oxygens (including phenoxy) is 1. The summed E-state index contributed by atoms with van der Waals surface area (Å²) in [6.07, 6.45) is 1.35. The van der Waals surface area contributed by atoms with E-state index in [0.29, 0.717) is 24.7 Å². The number of rotatable bonds is 8. The summed E-state index contributed by atoms with van der Waals surface area (Å²) in [6.45, 7) is 1.77. The van der Waals surface area contributed by atoms with Crippen molar-refractivity contribution >= 4 is 17.9 Å². The van der Waals surface area contributed by atoms with Crippen molar-refractivity contribution in [3.05, 3.63) is 33.4 Å². The molecule has 7 heteroatoms. The van der Waals surface area contributed by atoms with Crippen molar-refractivity contribution in [3.63, 3.8) is 0 Å². The first kappa shape index (κ1) is 15.6. The minimum absolute atomic E-state index is 0.00182. The standard InChI is InChI=1S/C13H15NO6/c1-9-5-6-11(13(14(18)19)10(9)8-15)20-7-3-2-4-12(16)17/h5-6,8H,2-4,7H2,1H3,(H,16,17). The Morgan fingerprint density at radius 3 is 2.70 bits per heavy atom. The molecule has 108 valence electrons. The van der Waals surface area contributed by atoms with Crippen molar-refractivity contribution < 1.29 is 24.4 Å². The van der Waals surface area contributed by atoms with E-state index in [-0.39, 0.29) is 30.0 Å². The normalized spacial score (nSPS) is 10.1. The van der Waals surface area contributed by atoms with E-state index in [2.05, 4.69) is 0 Å². The molecule has 0 aliphatic heterocycles. The molecule has 0 fully saturated rings. The molecule has 0 unspecified atom stereocenters. The predicted octanol–water partition coefficient (Wildman–Crippen LogP) is 2.35. The van der Waals surface area contributed by atoms with E-state index >= 15 is 0 Å². The molecule has 0 spiro atoms. The molecule has 0 saturated heterocycles. The number of hydrogen-bond donors (Lipinski definition) is 1. The quantitative estimate of drug-likeness (QED) is 0.339. The van der Waals surface area contributed by atoms with Crippen LogP contribution in [0.2, 0.25) is 0 Å². The zero-order valence-electron chi connectivity index (χ0n) is 11.0.